The van der Waals surface area contributed by atoms with Gasteiger partial charge in [0.05, 0.1) is 17.5 Å². The summed E-state index contributed by atoms with van der Waals surface area (Å²) in [6.45, 7) is -0.0131. The van der Waals surface area contributed by atoms with Gasteiger partial charge in [-0.1, -0.05) is 40.9 Å². The van der Waals surface area contributed by atoms with Crippen molar-refractivity contribution in [3.8, 4) is 0 Å². The molecule has 0 saturated heterocycles. The summed E-state index contributed by atoms with van der Waals surface area (Å²) in [6, 6.07) is 14.9. The molecular formula is C23H16Cl5N3O2. The number of carbonyl (C=O) groups excluding carboxylic acids is 2. The van der Waals surface area contributed by atoms with Crippen LogP contribution >= 0.6 is 58.0 Å². The van der Waals surface area contributed by atoms with Gasteiger partial charge in [0.1, 0.15) is 10.2 Å². The lowest BCUT2D eigenvalue weighted by atomic mass is 10.1. The maximum absolute atomic E-state index is 12.9. The first-order valence-electron chi connectivity index (χ1n) is 9.79. The predicted molar refractivity (Wildman–Crippen MR) is 134 cm³/mol. The van der Waals surface area contributed by atoms with Gasteiger partial charge in [-0.05, 0) is 54.1 Å². The highest BCUT2D eigenvalue weighted by atomic mass is 35.5. The topological polar surface area (TPSA) is 71.1 Å². The molecule has 5 nitrogen and oxygen atoms in total. The molecule has 0 bridgehead atoms. The van der Waals surface area contributed by atoms with Crippen LogP contribution in [0.1, 0.15) is 21.8 Å². The number of aromatic nitrogens is 1. The largest absolute Gasteiger partial charge is 0.363 e. The van der Waals surface area contributed by atoms with Crippen molar-refractivity contribution in [1.29, 1.82) is 0 Å². The van der Waals surface area contributed by atoms with Crippen molar-refractivity contribution in [2.75, 3.05) is 17.2 Å². The van der Waals surface area contributed by atoms with Crippen molar-refractivity contribution < 1.29 is 9.59 Å². The lowest BCUT2D eigenvalue weighted by Crippen LogP contribution is -2.18. The number of amides is 1. The van der Waals surface area contributed by atoms with Crippen LogP contribution < -0.4 is 10.6 Å². The third kappa shape index (κ3) is 5.39. The quantitative estimate of drug-likeness (QED) is 0.252. The molecule has 0 radical (unpaired) electrons. The second-order valence-corrected chi connectivity index (χ2v) is 10.2. The van der Waals surface area contributed by atoms with Gasteiger partial charge in [-0.2, -0.15) is 0 Å². The number of pyridine rings is 1. The van der Waals surface area contributed by atoms with Crippen molar-refractivity contribution in [3.63, 3.8) is 0 Å². The third-order valence-electron chi connectivity index (χ3n) is 5.21. The Labute approximate surface area is 215 Å². The summed E-state index contributed by atoms with van der Waals surface area (Å²) in [5.41, 5.74) is 1.32. The maximum Gasteiger partial charge on any atom is 0.231 e. The number of nitrogens with one attached hydrogen (secondary N) is 2. The number of ketones is 1. The summed E-state index contributed by atoms with van der Waals surface area (Å²) < 4.78 is -1.31. The lowest BCUT2D eigenvalue weighted by Gasteiger charge is -2.10. The van der Waals surface area contributed by atoms with Gasteiger partial charge in [0.15, 0.2) is 5.78 Å². The Balaban J connectivity index is 1.46. The van der Waals surface area contributed by atoms with Crippen LogP contribution in [0.15, 0.2) is 60.8 Å². The molecule has 1 aliphatic carbocycles. The number of halogens is 5. The van der Waals surface area contributed by atoms with Gasteiger partial charge in [0.25, 0.3) is 0 Å². The minimum absolute atomic E-state index is 0.0131. The molecule has 2 N–H and O–H groups in total. The highest BCUT2D eigenvalue weighted by Crippen LogP contribution is 2.65. The summed E-state index contributed by atoms with van der Waals surface area (Å²) in [5.74, 6) is -1.30. The summed E-state index contributed by atoms with van der Waals surface area (Å²) in [5, 5.41) is 6.82. The van der Waals surface area contributed by atoms with E-state index in [9.17, 15) is 9.59 Å². The van der Waals surface area contributed by atoms with Crippen LogP contribution in [0.5, 0.6) is 0 Å². The standard InChI is InChI=1S/C23H16Cl5N3O2/c24-13-7-12(8-14(25)9-13)20-21(23(20,27)28)22(33)31-15-4-5-17(26)16(10-15)18(32)11-30-19-3-1-2-6-29-19/h1-10,20-21H,11H2,(H,29,30)(H,31,33). The van der Waals surface area contributed by atoms with Gasteiger partial charge in [0.2, 0.25) is 5.91 Å². The van der Waals surface area contributed by atoms with Crippen LogP contribution in [-0.4, -0.2) is 27.6 Å². The molecule has 33 heavy (non-hydrogen) atoms. The Morgan fingerprint density at radius 3 is 2.36 bits per heavy atom. The first-order chi connectivity index (χ1) is 15.7. The Bertz CT molecular complexity index is 1200. The Morgan fingerprint density at radius 1 is 0.970 bits per heavy atom. The number of hydrogen-bond acceptors (Lipinski definition) is 4. The summed E-state index contributed by atoms with van der Waals surface area (Å²) in [7, 11) is 0. The zero-order chi connectivity index (χ0) is 23.8. The second-order valence-electron chi connectivity index (χ2n) is 7.51. The Kier molecular flexibility index (Phi) is 7.08. The molecule has 2 unspecified atom stereocenters. The zero-order valence-corrected chi connectivity index (χ0v) is 20.6. The van der Waals surface area contributed by atoms with Crippen molar-refractivity contribution in [3.05, 3.63) is 87.0 Å². The van der Waals surface area contributed by atoms with Gasteiger partial charge < -0.3 is 10.6 Å². The number of rotatable bonds is 7. The van der Waals surface area contributed by atoms with Crippen LogP contribution in [0.2, 0.25) is 15.1 Å². The third-order valence-corrected chi connectivity index (χ3v) is 6.92. The van der Waals surface area contributed by atoms with E-state index in [0.717, 1.165) is 0 Å². The number of benzene rings is 2. The van der Waals surface area contributed by atoms with E-state index < -0.39 is 22.1 Å². The van der Waals surface area contributed by atoms with Crippen molar-refractivity contribution in [2.45, 2.75) is 10.3 Å². The van der Waals surface area contributed by atoms with Crippen LogP contribution in [-0.2, 0) is 4.79 Å². The molecule has 10 heteroatoms. The number of anilines is 2. The minimum Gasteiger partial charge on any atom is -0.363 e. The zero-order valence-electron chi connectivity index (χ0n) is 16.8. The molecule has 1 saturated carbocycles. The predicted octanol–water partition coefficient (Wildman–Crippen LogP) is 6.86. The van der Waals surface area contributed by atoms with Gasteiger partial charge >= 0.3 is 0 Å². The normalized spacial score (nSPS) is 18.5. The number of Topliss-reactive ketones (excluding diaryl/α,β-unsaturated/α-hetero) is 1. The van der Waals surface area contributed by atoms with E-state index in [0.29, 0.717) is 27.1 Å². The monoisotopic (exact) mass is 541 g/mol. The van der Waals surface area contributed by atoms with Gasteiger partial charge in [-0.25, -0.2) is 4.98 Å². The summed E-state index contributed by atoms with van der Waals surface area (Å²) in [6.07, 6.45) is 1.62. The van der Waals surface area contributed by atoms with Gasteiger partial charge in [0, 0.05) is 33.4 Å². The molecule has 2 atom stereocenters. The van der Waals surface area contributed by atoms with E-state index in [4.69, 9.17) is 58.0 Å². The Hall–Kier alpha value is -2.02. The molecule has 0 spiro atoms. The van der Waals surface area contributed by atoms with Crippen molar-refractivity contribution >= 4 is 81.2 Å². The highest BCUT2D eigenvalue weighted by Gasteiger charge is 2.67. The maximum atomic E-state index is 12.9. The number of hydrogen-bond donors (Lipinski definition) is 2. The van der Waals surface area contributed by atoms with E-state index in [1.165, 1.54) is 6.07 Å². The highest BCUT2D eigenvalue weighted by molar-refractivity contribution is 6.53. The van der Waals surface area contributed by atoms with E-state index in [-0.39, 0.29) is 22.9 Å². The molecule has 1 aliphatic rings. The second kappa shape index (κ2) is 9.69. The minimum atomic E-state index is -1.31. The van der Waals surface area contributed by atoms with Crippen LogP contribution in [0.4, 0.5) is 11.5 Å². The molecule has 1 aromatic heterocycles. The van der Waals surface area contributed by atoms with E-state index >= 15 is 0 Å². The lowest BCUT2D eigenvalue weighted by molar-refractivity contribution is -0.117. The average molecular weight is 544 g/mol. The fourth-order valence-electron chi connectivity index (χ4n) is 3.59. The summed E-state index contributed by atoms with van der Waals surface area (Å²) in [4.78, 5) is 29.7. The number of carbonyl (C=O) groups is 2. The van der Waals surface area contributed by atoms with Crippen LogP contribution in [0.3, 0.4) is 0 Å². The Morgan fingerprint density at radius 2 is 1.70 bits per heavy atom. The van der Waals surface area contributed by atoms with Gasteiger partial charge in [-0.15, -0.1) is 23.2 Å². The van der Waals surface area contributed by atoms with Crippen LogP contribution in [0, 0.1) is 5.92 Å². The smallest absolute Gasteiger partial charge is 0.231 e. The first-order valence-corrected chi connectivity index (χ1v) is 11.7. The number of alkyl halides is 2. The summed E-state index contributed by atoms with van der Waals surface area (Å²) >= 11 is 31.2. The molecule has 2 aromatic carbocycles. The molecule has 4 rings (SSSR count). The van der Waals surface area contributed by atoms with Crippen molar-refractivity contribution in [1.82, 2.24) is 4.98 Å². The first kappa shape index (κ1) is 24.1. The molecule has 170 valence electrons. The SMILES string of the molecule is O=C(CNc1ccccn1)c1cc(NC(=O)C2C(c3cc(Cl)cc(Cl)c3)C2(Cl)Cl)ccc1Cl. The van der Waals surface area contributed by atoms with E-state index in [1.807, 2.05) is 0 Å². The van der Waals surface area contributed by atoms with E-state index in [1.54, 1.807) is 54.7 Å². The molecule has 1 amide bonds. The molecule has 1 heterocycles. The molecule has 1 fully saturated rings. The average Bonchev–Trinajstić information content (AvgIpc) is 3.35. The molecule has 3 aromatic rings. The fraction of sp³-hybridized carbons (Fsp3) is 0.174. The number of nitrogens with zero attached hydrogens (tertiary/aromatic N) is 1. The molecular weight excluding hydrogens is 528 g/mol. The molecule has 0 aliphatic heterocycles. The fourth-order valence-corrected chi connectivity index (χ4v) is 5.19. The van der Waals surface area contributed by atoms with Gasteiger partial charge in [-0.3, -0.25) is 9.59 Å². The van der Waals surface area contributed by atoms with E-state index in [2.05, 4.69) is 15.6 Å². The van der Waals surface area contributed by atoms with Crippen molar-refractivity contribution in [2.24, 2.45) is 5.92 Å². The van der Waals surface area contributed by atoms with Crippen LogP contribution in [0.25, 0.3) is 0 Å².